The number of esters is 2. The Labute approximate surface area is 245 Å². The Bertz CT molecular complexity index is 854. The van der Waals surface area contributed by atoms with Gasteiger partial charge in [-0.3, -0.25) is 9.59 Å². The highest BCUT2D eigenvalue weighted by Gasteiger charge is 2.86. The topological polar surface area (TPSA) is 121 Å². The van der Waals surface area contributed by atoms with E-state index >= 15 is 0 Å². The Kier molecular flexibility index (Phi) is 12.4. The molecule has 0 aromatic carbocycles. The van der Waals surface area contributed by atoms with Crippen LogP contribution in [-0.2, 0) is 33.3 Å². The fourth-order valence-electron chi connectivity index (χ4n) is 3.98. The maximum atomic E-state index is 13.1. The van der Waals surface area contributed by atoms with E-state index in [1.165, 1.54) is 6.92 Å². The Morgan fingerprint density at radius 3 is 1.73 bits per heavy atom. The van der Waals surface area contributed by atoms with Crippen molar-refractivity contribution < 1.29 is 43.5 Å². The van der Waals surface area contributed by atoms with Crippen LogP contribution in [-0.4, -0.2) is 101 Å². The third-order valence-electron chi connectivity index (χ3n) is 5.73. The minimum Gasteiger partial charge on any atom is -0.463 e. The molecule has 2 bridgehead atoms. The standard InChI is InChI=1S/C22H30Cl6O9/c1-11(29)8-36-13(3)10-34-5-4-33-6-7-35-18(31)14-15(19(32)37-9-12(2)30)21(26)17(24)16(23)20(14,25)22(21,27)28/h11-15,29-30H,4-10H2,1-3H3/t11-,12-,13-,14-,15+,20-,21+/m0/s1. The van der Waals surface area contributed by atoms with Gasteiger partial charge in [0.2, 0.25) is 0 Å². The second-order valence-electron chi connectivity index (χ2n) is 8.91. The van der Waals surface area contributed by atoms with Gasteiger partial charge in [-0.15, -0.1) is 23.2 Å². The molecule has 0 unspecified atom stereocenters. The zero-order valence-corrected chi connectivity index (χ0v) is 24.9. The molecule has 2 rings (SSSR count). The van der Waals surface area contributed by atoms with E-state index in [9.17, 15) is 19.8 Å². The van der Waals surface area contributed by atoms with Crippen LogP contribution in [0.1, 0.15) is 20.8 Å². The Morgan fingerprint density at radius 1 is 0.757 bits per heavy atom. The number of hydrogen-bond donors (Lipinski definition) is 2. The minimum absolute atomic E-state index is 0.00552. The Morgan fingerprint density at radius 2 is 1.22 bits per heavy atom. The van der Waals surface area contributed by atoms with Gasteiger partial charge < -0.3 is 33.9 Å². The lowest BCUT2D eigenvalue weighted by Crippen LogP contribution is -2.47. The molecule has 0 aromatic rings. The van der Waals surface area contributed by atoms with Gasteiger partial charge in [0.05, 0.1) is 73.2 Å². The van der Waals surface area contributed by atoms with Crippen LogP contribution in [0.2, 0.25) is 0 Å². The lowest BCUT2D eigenvalue weighted by atomic mass is 9.82. The monoisotopic (exact) mass is 648 g/mol. The fourth-order valence-corrected chi connectivity index (χ4v) is 6.90. The Hall–Kier alpha value is 0.220. The lowest BCUT2D eigenvalue weighted by molar-refractivity contribution is -0.163. The molecule has 2 aliphatic rings. The number of carbonyl (C=O) groups excluding carboxylic acids is 2. The van der Waals surface area contributed by atoms with Crippen molar-refractivity contribution in [2.75, 3.05) is 46.2 Å². The summed E-state index contributed by atoms with van der Waals surface area (Å²) in [6.45, 7) is 5.24. The lowest BCUT2D eigenvalue weighted by Gasteiger charge is -2.33. The molecule has 7 atom stereocenters. The van der Waals surface area contributed by atoms with Crippen LogP contribution in [0.25, 0.3) is 0 Å². The Balaban J connectivity index is 1.95. The molecule has 0 aromatic heterocycles. The van der Waals surface area contributed by atoms with E-state index in [-0.39, 0.29) is 55.8 Å². The van der Waals surface area contributed by atoms with Gasteiger partial charge in [-0.2, -0.15) is 0 Å². The quantitative estimate of drug-likeness (QED) is 0.156. The third-order valence-corrected chi connectivity index (χ3v) is 9.99. The van der Waals surface area contributed by atoms with Crippen molar-refractivity contribution >= 4 is 81.5 Å². The van der Waals surface area contributed by atoms with E-state index in [0.29, 0.717) is 6.61 Å². The summed E-state index contributed by atoms with van der Waals surface area (Å²) in [5.74, 6) is -5.08. The van der Waals surface area contributed by atoms with Gasteiger partial charge in [0, 0.05) is 0 Å². The van der Waals surface area contributed by atoms with Crippen molar-refractivity contribution in [3.8, 4) is 0 Å². The molecule has 0 aliphatic heterocycles. The van der Waals surface area contributed by atoms with Crippen molar-refractivity contribution in [3.05, 3.63) is 10.1 Å². The smallest absolute Gasteiger partial charge is 0.312 e. The van der Waals surface area contributed by atoms with Gasteiger partial charge in [0.25, 0.3) is 0 Å². The number of hydrogen-bond acceptors (Lipinski definition) is 9. The van der Waals surface area contributed by atoms with Crippen LogP contribution in [0.4, 0.5) is 0 Å². The van der Waals surface area contributed by atoms with E-state index in [0.717, 1.165) is 0 Å². The predicted octanol–water partition coefficient (Wildman–Crippen LogP) is 3.35. The second kappa shape index (κ2) is 13.7. The average molecular weight is 651 g/mol. The van der Waals surface area contributed by atoms with Crippen LogP contribution < -0.4 is 0 Å². The van der Waals surface area contributed by atoms with Crippen molar-refractivity contribution in [1.29, 1.82) is 0 Å². The van der Waals surface area contributed by atoms with E-state index in [1.807, 2.05) is 6.92 Å². The summed E-state index contributed by atoms with van der Waals surface area (Å²) in [4.78, 5) is 21.9. The summed E-state index contributed by atoms with van der Waals surface area (Å²) in [5.41, 5.74) is 0. The molecule has 15 heteroatoms. The number of halogens is 6. The number of aliphatic hydroxyl groups excluding tert-OH is 2. The van der Waals surface area contributed by atoms with Gasteiger partial charge in [-0.25, -0.2) is 0 Å². The zero-order valence-electron chi connectivity index (χ0n) is 20.4. The third kappa shape index (κ3) is 6.76. The highest BCUT2D eigenvalue weighted by Crippen LogP contribution is 2.76. The first kappa shape index (κ1) is 33.4. The molecule has 0 spiro atoms. The average Bonchev–Trinajstić information content (AvgIpc) is 3.03. The first-order chi connectivity index (χ1) is 17.1. The van der Waals surface area contributed by atoms with Crippen molar-refractivity contribution in [2.45, 2.75) is 53.2 Å². The number of aliphatic hydroxyl groups is 2. The number of allylic oxidation sites excluding steroid dienone is 2. The van der Waals surface area contributed by atoms with Crippen LogP contribution in [0, 0.1) is 11.8 Å². The molecule has 2 aliphatic carbocycles. The molecule has 2 N–H and O–H groups in total. The molecule has 1 fully saturated rings. The summed E-state index contributed by atoms with van der Waals surface area (Å²) < 4.78 is 24.4. The van der Waals surface area contributed by atoms with Crippen LogP contribution in [0.15, 0.2) is 10.1 Å². The van der Waals surface area contributed by atoms with Crippen LogP contribution in [0.5, 0.6) is 0 Å². The number of fused-ring (bicyclic) bond motifs is 2. The summed E-state index contributed by atoms with van der Waals surface area (Å²) in [6, 6.07) is 0. The van der Waals surface area contributed by atoms with E-state index in [2.05, 4.69) is 0 Å². The molecule has 0 radical (unpaired) electrons. The van der Waals surface area contributed by atoms with Crippen LogP contribution >= 0.6 is 69.6 Å². The van der Waals surface area contributed by atoms with Crippen molar-refractivity contribution in [3.63, 3.8) is 0 Å². The number of rotatable bonds is 15. The molecule has 0 amide bonds. The summed E-state index contributed by atoms with van der Waals surface area (Å²) in [7, 11) is 0. The zero-order chi connectivity index (χ0) is 28.2. The molecular formula is C22H30Cl6O9. The number of carbonyl (C=O) groups is 2. The predicted molar refractivity (Wildman–Crippen MR) is 140 cm³/mol. The maximum absolute atomic E-state index is 13.1. The van der Waals surface area contributed by atoms with Gasteiger partial charge in [-0.05, 0) is 20.8 Å². The van der Waals surface area contributed by atoms with Gasteiger partial charge in [0.1, 0.15) is 23.0 Å². The maximum Gasteiger partial charge on any atom is 0.312 e. The minimum atomic E-state index is -2.18. The molecule has 1 saturated carbocycles. The van der Waals surface area contributed by atoms with E-state index < -0.39 is 50.1 Å². The summed E-state index contributed by atoms with van der Waals surface area (Å²) in [5, 5.41) is 18.1. The molecule has 37 heavy (non-hydrogen) atoms. The fraction of sp³-hybridized carbons (Fsp3) is 0.818. The highest BCUT2D eigenvalue weighted by atomic mass is 35.5. The van der Waals surface area contributed by atoms with Crippen molar-refractivity contribution in [1.82, 2.24) is 0 Å². The first-order valence-corrected chi connectivity index (χ1v) is 13.7. The molecular weight excluding hydrogens is 621 g/mol. The molecule has 9 nitrogen and oxygen atoms in total. The van der Waals surface area contributed by atoms with E-state index in [1.54, 1.807) is 6.92 Å². The van der Waals surface area contributed by atoms with Crippen molar-refractivity contribution in [2.24, 2.45) is 11.8 Å². The summed E-state index contributed by atoms with van der Waals surface area (Å²) >= 11 is 39.0. The molecule has 0 heterocycles. The second-order valence-corrected chi connectivity index (χ2v) is 12.2. The molecule has 214 valence electrons. The largest absolute Gasteiger partial charge is 0.463 e. The van der Waals surface area contributed by atoms with Gasteiger partial charge in [-0.1, -0.05) is 46.4 Å². The first-order valence-electron chi connectivity index (χ1n) is 11.4. The van der Waals surface area contributed by atoms with Gasteiger partial charge >= 0.3 is 11.9 Å². The highest BCUT2D eigenvalue weighted by molar-refractivity contribution is 6.66. The van der Waals surface area contributed by atoms with Crippen LogP contribution in [0.3, 0.4) is 0 Å². The van der Waals surface area contributed by atoms with Gasteiger partial charge in [0.15, 0.2) is 4.33 Å². The summed E-state index contributed by atoms with van der Waals surface area (Å²) in [6.07, 6.45) is -1.75. The number of ether oxygens (including phenoxy) is 5. The SMILES string of the molecule is C[C@H](O)COC(=O)[C@H]1[C@@H](C(=O)OCCOCCOC[C@H](C)OC[C@H](C)O)[C@]2(Cl)C(Cl)=C(Cl)[C@@]1(Cl)C2(Cl)Cl. The number of alkyl halides is 4. The normalized spacial score (nSPS) is 30.8. The van der Waals surface area contributed by atoms with E-state index in [4.69, 9.17) is 93.3 Å². The molecule has 0 saturated heterocycles.